The van der Waals surface area contributed by atoms with Crippen molar-refractivity contribution in [2.24, 2.45) is 0 Å². The topological polar surface area (TPSA) is 20.3 Å². The van der Waals surface area contributed by atoms with Crippen LogP contribution in [0.2, 0.25) is 0 Å². The van der Waals surface area contributed by atoms with E-state index in [-0.39, 0.29) is 0 Å². The van der Waals surface area contributed by atoms with Gasteiger partial charge in [0.15, 0.2) is 0 Å². The minimum atomic E-state index is 0.465. The third kappa shape index (κ3) is 2.31. The molecule has 2 rings (SSSR count). The lowest BCUT2D eigenvalue weighted by Crippen LogP contribution is -2.42. The smallest absolute Gasteiger partial charge is 0.135 e. The average molecular weight is 181 g/mol. The summed E-state index contributed by atoms with van der Waals surface area (Å²) in [6.45, 7) is 2.06. The summed E-state index contributed by atoms with van der Waals surface area (Å²) in [5.74, 6) is 0.465. The van der Waals surface area contributed by atoms with E-state index in [0.29, 0.717) is 5.78 Å². The fourth-order valence-electron chi connectivity index (χ4n) is 2.58. The summed E-state index contributed by atoms with van der Waals surface area (Å²) in [5, 5.41) is 0. The summed E-state index contributed by atoms with van der Waals surface area (Å²) in [6, 6.07) is 0.807. The maximum absolute atomic E-state index is 11.1. The third-order valence-electron chi connectivity index (χ3n) is 3.45. The van der Waals surface area contributed by atoms with Gasteiger partial charge in [0.1, 0.15) is 5.78 Å². The first-order valence-corrected chi connectivity index (χ1v) is 5.62. The zero-order valence-corrected chi connectivity index (χ0v) is 8.30. The van der Waals surface area contributed by atoms with Gasteiger partial charge in [0.2, 0.25) is 0 Å². The lowest BCUT2D eigenvalue weighted by molar-refractivity contribution is -0.122. The Bertz CT molecular complexity index is 175. The monoisotopic (exact) mass is 181 g/mol. The summed E-state index contributed by atoms with van der Waals surface area (Å²) < 4.78 is 0. The molecule has 0 aromatic rings. The standard InChI is InChI=1S/C11H19NO/c13-11-6-8-12(9-7-11)10-4-2-1-3-5-10/h10H,1-9H2. The molecule has 2 nitrogen and oxygen atoms in total. The van der Waals surface area contributed by atoms with Crippen LogP contribution in [0.3, 0.4) is 0 Å². The van der Waals surface area contributed by atoms with E-state index in [9.17, 15) is 4.79 Å². The molecule has 0 radical (unpaired) electrons. The van der Waals surface area contributed by atoms with Crippen LogP contribution in [0, 0.1) is 0 Å². The summed E-state index contributed by atoms with van der Waals surface area (Å²) in [4.78, 5) is 13.6. The maximum atomic E-state index is 11.1. The van der Waals surface area contributed by atoms with Crippen molar-refractivity contribution < 1.29 is 4.79 Å². The van der Waals surface area contributed by atoms with Crippen LogP contribution in [0.25, 0.3) is 0 Å². The SMILES string of the molecule is O=C1CCN(C2CCCCC2)CC1. The maximum Gasteiger partial charge on any atom is 0.135 e. The van der Waals surface area contributed by atoms with Crippen molar-refractivity contribution in [2.45, 2.75) is 51.0 Å². The first kappa shape index (κ1) is 9.20. The van der Waals surface area contributed by atoms with Crippen LogP contribution >= 0.6 is 0 Å². The molecule has 1 saturated carbocycles. The van der Waals surface area contributed by atoms with Crippen LogP contribution in [0.4, 0.5) is 0 Å². The number of nitrogens with zero attached hydrogens (tertiary/aromatic N) is 1. The van der Waals surface area contributed by atoms with Crippen LogP contribution < -0.4 is 0 Å². The van der Waals surface area contributed by atoms with Gasteiger partial charge in [-0.1, -0.05) is 19.3 Å². The molecule has 0 atom stereocenters. The normalized spacial score (nSPS) is 27.8. The van der Waals surface area contributed by atoms with Crippen molar-refractivity contribution in [3.63, 3.8) is 0 Å². The highest BCUT2D eigenvalue weighted by Gasteiger charge is 2.24. The lowest BCUT2D eigenvalue weighted by atomic mass is 9.93. The number of carbonyl (C=O) groups is 1. The minimum Gasteiger partial charge on any atom is -0.300 e. The molecule has 2 heteroatoms. The highest BCUT2D eigenvalue weighted by atomic mass is 16.1. The van der Waals surface area contributed by atoms with Gasteiger partial charge < -0.3 is 0 Å². The predicted octanol–water partition coefficient (Wildman–Crippen LogP) is 1.98. The van der Waals surface area contributed by atoms with Crippen LogP contribution in [0.5, 0.6) is 0 Å². The van der Waals surface area contributed by atoms with Gasteiger partial charge >= 0.3 is 0 Å². The summed E-state index contributed by atoms with van der Waals surface area (Å²) in [7, 11) is 0. The summed E-state index contributed by atoms with van der Waals surface area (Å²) in [5.41, 5.74) is 0. The molecular weight excluding hydrogens is 162 g/mol. The van der Waals surface area contributed by atoms with Gasteiger partial charge in [0.25, 0.3) is 0 Å². The van der Waals surface area contributed by atoms with E-state index < -0.39 is 0 Å². The Labute approximate surface area is 80.3 Å². The molecule has 74 valence electrons. The van der Waals surface area contributed by atoms with Crippen molar-refractivity contribution in [3.8, 4) is 0 Å². The molecule has 0 aromatic carbocycles. The molecule has 0 spiro atoms. The van der Waals surface area contributed by atoms with E-state index in [1.807, 2.05) is 0 Å². The number of Topliss-reactive ketones (excluding diaryl/α,β-unsaturated/α-hetero) is 1. The number of rotatable bonds is 1. The number of hydrogen-bond acceptors (Lipinski definition) is 2. The lowest BCUT2D eigenvalue weighted by Gasteiger charge is -2.36. The molecule has 1 heterocycles. The molecule has 0 amide bonds. The molecule has 1 saturated heterocycles. The van der Waals surface area contributed by atoms with E-state index in [0.717, 1.165) is 32.0 Å². The van der Waals surface area contributed by atoms with Crippen LogP contribution in [0.1, 0.15) is 44.9 Å². The second-order valence-corrected chi connectivity index (χ2v) is 4.37. The van der Waals surface area contributed by atoms with Crippen molar-refractivity contribution in [2.75, 3.05) is 13.1 Å². The third-order valence-corrected chi connectivity index (χ3v) is 3.45. The number of carbonyl (C=O) groups excluding carboxylic acids is 1. The fraction of sp³-hybridized carbons (Fsp3) is 0.909. The molecule has 0 N–H and O–H groups in total. The molecule has 0 bridgehead atoms. The molecule has 2 aliphatic rings. The minimum absolute atomic E-state index is 0.465. The van der Waals surface area contributed by atoms with Crippen molar-refractivity contribution >= 4 is 5.78 Å². The molecule has 2 fully saturated rings. The van der Waals surface area contributed by atoms with Gasteiger partial charge in [0.05, 0.1) is 0 Å². The Morgan fingerprint density at radius 1 is 1.00 bits per heavy atom. The first-order valence-electron chi connectivity index (χ1n) is 5.62. The van der Waals surface area contributed by atoms with Gasteiger partial charge in [-0.2, -0.15) is 0 Å². The molecule has 1 aliphatic heterocycles. The van der Waals surface area contributed by atoms with Crippen molar-refractivity contribution in [1.29, 1.82) is 0 Å². The van der Waals surface area contributed by atoms with E-state index in [1.54, 1.807) is 0 Å². The van der Waals surface area contributed by atoms with E-state index >= 15 is 0 Å². The van der Waals surface area contributed by atoms with Crippen LogP contribution in [-0.2, 0) is 4.79 Å². The van der Waals surface area contributed by atoms with Gasteiger partial charge in [-0.3, -0.25) is 9.69 Å². The van der Waals surface area contributed by atoms with Crippen molar-refractivity contribution in [1.82, 2.24) is 4.90 Å². The quantitative estimate of drug-likeness (QED) is 0.616. The van der Waals surface area contributed by atoms with Crippen molar-refractivity contribution in [3.05, 3.63) is 0 Å². The molecule has 13 heavy (non-hydrogen) atoms. The second kappa shape index (κ2) is 4.23. The van der Waals surface area contributed by atoms with Gasteiger partial charge in [0, 0.05) is 32.0 Å². The van der Waals surface area contributed by atoms with Gasteiger partial charge in [-0.05, 0) is 12.8 Å². The fourth-order valence-corrected chi connectivity index (χ4v) is 2.58. The molecule has 0 unspecified atom stereocenters. The zero-order valence-electron chi connectivity index (χ0n) is 8.30. The van der Waals surface area contributed by atoms with Gasteiger partial charge in [-0.25, -0.2) is 0 Å². The molecule has 1 aliphatic carbocycles. The highest BCUT2D eigenvalue weighted by Crippen LogP contribution is 2.24. The Kier molecular flexibility index (Phi) is 2.99. The number of ketones is 1. The highest BCUT2D eigenvalue weighted by molar-refractivity contribution is 5.79. The Morgan fingerprint density at radius 2 is 1.62 bits per heavy atom. The number of likely N-dealkylation sites (tertiary alicyclic amines) is 1. The van der Waals surface area contributed by atoms with E-state index in [1.165, 1.54) is 32.1 Å². The predicted molar refractivity (Wildman–Crippen MR) is 52.7 cm³/mol. The van der Waals surface area contributed by atoms with E-state index in [2.05, 4.69) is 4.90 Å². The molecular formula is C11H19NO. The average Bonchev–Trinajstić information content (AvgIpc) is 2.20. The Balaban J connectivity index is 1.82. The zero-order chi connectivity index (χ0) is 9.10. The largest absolute Gasteiger partial charge is 0.300 e. The Morgan fingerprint density at radius 3 is 2.23 bits per heavy atom. The number of hydrogen-bond donors (Lipinski definition) is 0. The molecule has 0 aromatic heterocycles. The second-order valence-electron chi connectivity index (χ2n) is 4.37. The van der Waals surface area contributed by atoms with Crippen LogP contribution in [-0.4, -0.2) is 29.8 Å². The van der Waals surface area contributed by atoms with E-state index in [4.69, 9.17) is 0 Å². The van der Waals surface area contributed by atoms with Crippen LogP contribution in [0.15, 0.2) is 0 Å². The first-order chi connectivity index (χ1) is 6.36. The number of piperidine rings is 1. The summed E-state index contributed by atoms with van der Waals surface area (Å²) >= 11 is 0. The van der Waals surface area contributed by atoms with Gasteiger partial charge in [-0.15, -0.1) is 0 Å². The Hall–Kier alpha value is -0.370. The summed E-state index contributed by atoms with van der Waals surface area (Å²) in [6.07, 6.45) is 8.56.